The van der Waals surface area contributed by atoms with Gasteiger partial charge in [0.15, 0.2) is 0 Å². The molecule has 6 heteroatoms. The molecular weight excluding hydrogens is 952 g/mol. The Bertz CT molecular complexity index is 3510. The Labute approximate surface area is 397 Å². The summed E-state index contributed by atoms with van der Waals surface area (Å²) in [4.78, 5) is 9.13. The number of aryl methyl sites for hydroxylation is 1. The second kappa shape index (κ2) is 16.4. The molecule has 0 bridgehead atoms. The molecule has 63 heavy (non-hydrogen) atoms. The summed E-state index contributed by atoms with van der Waals surface area (Å²) in [5, 5.41) is 1.66. The van der Waals surface area contributed by atoms with Crippen LogP contribution >= 0.6 is 0 Å². The monoisotopic (exact) mass is 1010 g/mol. The number of pyridine rings is 1. The Morgan fingerprint density at radius 2 is 1.38 bits per heavy atom. The summed E-state index contributed by atoms with van der Waals surface area (Å²) < 4.78 is 76.7. The third-order valence-corrected chi connectivity index (χ3v) is 11.4. The molecule has 9 aromatic rings. The number of benzene rings is 7. The topological polar surface area (TPSA) is 33.5 Å². The molecule has 0 saturated carbocycles. The third-order valence-electron chi connectivity index (χ3n) is 11.4. The van der Waals surface area contributed by atoms with Crippen LogP contribution in [0.5, 0.6) is 11.5 Å². The first-order valence-electron chi connectivity index (χ1n) is 24.7. The van der Waals surface area contributed by atoms with Crippen LogP contribution in [0.3, 0.4) is 0 Å². The fourth-order valence-electron chi connectivity index (χ4n) is 8.08. The molecule has 0 fully saturated rings. The van der Waals surface area contributed by atoms with Gasteiger partial charge in [0.1, 0.15) is 5.82 Å². The molecule has 0 aliphatic carbocycles. The normalized spacial score (nSPS) is 14.8. The first kappa shape index (κ1) is 33.2. The van der Waals surface area contributed by atoms with Crippen molar-refractivity contribution >= 4 is 44.6 Å². The van der Waals surface area contributed by atoms with E-state index in [2.05, 4.69) is 119 Å². The maximum Gasteiger partial charge on any atom is 0.135 e. The minimum Gasteiger partial charge on any atom is -0.509 e. The zero-order valence-electron chi connectivity index (χ0n) is 43.8. The van der Waals surface area contributed by atoms with Crippen molar-refractivity contribution in [3.8, 4) is 39.6 Å². The zero-order chi connectivity index (χ0) is 49.6. The largest absolute Gasteiger partial charge is 0.509 e. The molecule has 0 atom stereocenters. The quantitative estimate of drug-likeness (QED) is 0.149. The number of anilines is 4. The van der Waals surface area contributed by atoms with Crippen molar-refractivity contribution in [3.05, 3.63) is 199 Å². The Balaban J connectivity index is 0.00000624. The predicted octanol–water partition coefficient (Wildman–Crippen LogP) is 15.2. The van der Waals surface area contributed by atoms with E-state index in [1.807, 2.05) is 77.4 Å². The fourth-order valence-corrected chi connectivity index (χ4v) is 8.08. The van der Waals surface area contributed by atoms with E-state index in [1.54, 1.807) is 0 Å². The summed E-state index contributed by atoms with van der Waals surface area (Å²) >= 11 is 0. The van der Waals surface area contributed by atoms with Gasteiger partial charge in [-0.2, -0.15) is 6.07 Å². The first-order valence-corrected chi connectivity index (χ1v) is 20.7. The Hall–Kier alpha value is -6.42. The van der Waals surface area contributed by atoms with Gasteiger partial charge in [-0.1, -0.05) is 144 Å². The Morgan fingerprint density at radius 3 is 2.13 bits per heavy atom. The Morgan fingerprint density at radius 1 is 0.635 bits per heavy atom. The molecule has 0 N–H and O–H groups in total. The average molecular weight is 1010 g/mol. The summed E-state index contributed by atoms with van der Waals surface area (Å²) in [5.74, 6) is 1.08. The van der Waals surface area contributed by atoms with Gasteiger partial charge in [-0.3, -0.25) is 0 Å². The fraction of sp³-hybridized carbons (Fsp3) is 0.158. The molecule has 1 aliphatic heterocycles. The second-order valence-corrected chi connectivity index (χ2v) is 17.7. The van der Waals surface area contributed by atoms with Crippen molar-refractivity contribution in [2.75, 3.05) is 9.80 Å². The van der Waals surface area contributed by atoms with Gasteiger partial charge in [0.25, 0.3) is 0 Å². The number of para-hydroxylation sites is 2. The van der Waals surface area contributed by atoms with Crippen molar-refractivity contribution < 1.29 is 36.8 Å². The van der Waals surface area contributed by atoms with E-state index < -0.39 is 37.1 Å². The van der Waals surface area contributed by atoms with E-state index >= 15 is 0 Å². The number of ether oxygens (including phenoxy) is 1. The summed E-state index contributed by atoms with van der Waals surface area (Å²) in [5.41, 5.74) is 8.53. The van der Waals surface area contributed by atoms with Gasteiger partial charge >= 0.3 is 0 Å². The van der Waals surface area contributed by atoms with Crippen LogP contribution in [0.4, 0.5) is 22.7 Å². The number of hydrogen-bond donors (Lipinski definition) is 0. The molecule has 316 valence electrons. The van der Waals surface area contributed by atoms with Crippen molar-refractivity contribution in [1.82, 2.24) is 9.55 Å². The van der Waals surface area contributed by atoms with Crippen LogP contribution in [0.25, 0.3) is 49.9 Å². The smallest absolute Gasteiger partial charge is 0.135 e. The molecule has 10 rings (SSSR count). The van der Waals surface area contributed by atoms with E-state index in [4.69, 9.17) is 20.7 Å². The van der Waals surface area contributed by atoms with Crippen molar-refractivity contribution in [2.24, 2.45) is 0 Å². The molecular formula is C57H49N4OPt-3. The molecule has 3 heterocycles. The Kier molecular flexibility index (Phi) is 8.62. The molecule has 0 unspecified atom stereocenters. The minimum absolute atomic E-state index is 0. The number of rotatable bonds is 7. The maximum absolute atomic E-state index is 8.68. The van der Waals surface area contributed by atoms with E-state index in [-0.39, 0.29) is 54.4 Å². The van der Waals surface area contributed by atoms with Crippen molar-refractivity contribution in [1.29, 1.82) is 0 Å². The molecule has 0 saturated heterocycles. The van der Waals surface area contributed by atoms with Crippen LogP contribution in [-0.2, 0) is 31.9 Å². The van der Waals surface area contributed by atoms with Crippen LogP contribution in [0.15, 0.2) is 164 Å². The van der Waals surface area contributed by atoms with Crippen molar-refractivity contribution in [3.63, 3.8) is 0 Å². The summed E-state index contributed by atoms with van der Waals surface area (Å²) in [6.45, 7) is 12.4. The van der Waals surface area contributed by atoms with Crippen LogP contribution in [0.1, 0.15) is 69.2 Å². The third kappa shape index (κ3) is 7.96. The SMILES string of the molecule is [2H]c1c([2H])c([2H])c(-c2cnc(-n3c4[c-]c(Oc5[c-]c(N6[CH-]N(c7cccc(C(C)(C)C)c7)c7ccccc76)cc(C(C)(C)C)c5)ccc4c4cc(-c5ccccc5)ccc43)cc2C([2H])([2H])[2H])c([2H])c1[2H].[Pt]. The van der Waals surface area contributed by atoms with Crippen LogP contribution in [0, 0.1) is 25.7 Å². The first-order chi connectivity index (χ1) is 33.2. The molecule has 0 amide bonds. The minimum atomic E-state index is -2.76. The maximum atomic E-state index is 8.68. The van der Waals surface area contributed by atoms with Gasteiger partial charge in [-0.15, -0.1) is 53.6 Å². The molecule has 0 spiro atoms. The summed E-state index contributed by atoms with van der Waals surface area (Å²) in [6, 6.07) is 46.7. The van der Waals surface area contributed by atoms with Gasteiger partial charge in [0, 0.05) is 71.0 Å². The predicted molar refractivity (Wildman–Crippen MR) is 257 cm³/mol. The van der Waals surface area contributed by atoms with Crippen LogP contribution in [-0.4, -0.2) is 9.55 Å². The number of hydrogen-bond acceptors (Lipinski definition) is 4. The molecule has 5 nitrogen and oxygen atoms in total. The standard InChI is InChI=1S/C57H49N4O.Pt/c1-38-29-55(58-36-50(38)40-19-12-9-13-20-40)61-51-28-25-41(39-17-10-8-11-18-39)30-49(51)48-27-26-46(35-54(48)61)62-47-33-43(57(5,6)7)32-45(34-47)60-37-59(52-23-14-15-24-53(52)60)44-22-16-21-42(31-44)56(2,3)4;/h8-33,36-37H,1-7H3;/q-3;/i1D3,9D,12D,13D,19D,20D;. The van der Waals surface area contributed by atoms with Gasteiger partial charge in [-0.25, -0.2) is 4.98 Å². The molecule has 7 aromatic carbocycles. The van der Waals surface area contributed by atoms with E-state index in [9.17, 15) is 0 Å². The van der Waals surface area contributed by atoms with Crippen LogP contribution in [0.2, 0.25) is 0 Å². The number of nitrogens with zero attached hydrogens (tertiary/aromatic N) is 4. The van der Waals surface area contributed by atoms with E-state index in [1.165, 1.54) is 17.8 Å². The van der Waals surface area contributed by atoms with Crippen LogP contribution < -0.4 is 14.5 Å². The zero-order valence-corrected chi connectivity index (χ0v) is 38.1. The number of aromatic nitrogens is 2. The summed E-state index contributed by atoms with van der Waals surface area (Å²) in [7, 11) is 0. The van der Waals surface area contributed by atoms with E-state index in [0.29, 0.717) is 22.5 Å². The number of fused-ring (bicyclic) bond motifs is 4. The molecule has 0 radical (unpaired) electrons. The van der Waals surface area contributed by atoms with Gasteiger partial charge < -0.3 is 19.1 Å². The van der Waals surface area contributed by atoms with Gasteiger partial charge in [0.2, 0.25) is 0 Å². The van der Waals surface area contributed by atoms with E-state index in [0.717, 1.165) is 50.2 Å². The average Bonchev–Trinajstić information content (AvgIpc) is 3.88. The molecule has 2 aromatic heterocycles. The van der Waals surface area contributed by atoms with Gasteiger partial charge in [-0.05, 0) is 87.3 Å². The summed E-state index contributed by atoms with van der Waals surface area (Å²) in [6.07, 6.45) is 1.28. The van der Waals surface area contributed by atoms with Crippen molar-refractivity contribution in [2.45, 2.75) is 59.2 Å². The van der Waals surface area contributed by atoms with Gasteiger partial charge in [0.05, 0.1) is 6.85 Å². The molecule has 1 aliphatic rings. The second-order valence-electron chi connectivity index (χ2n) is 17.7.